The molecule has 1 rings (SSSR count). The van der Waals surface area contributed by atoms with E-state index in [9.17, 15) is 0 Å². The van der Waals surface area contributed by atoms with Gasteiger partial charge in [0.25, 0.3) is 0 Å². The molecule has 1 atom stereocenters. The van der Waals surface area contributed by atoms with Crippen LogP contribution >= 0.6 is 0 Å². The Morgan fingerprint density at radius 3 is 2.69 bits per heavy atom. The first-order valence-electron chi connectivity index (χ1n) is 6.05. The molecule has 0 heterocycles. The second kappa shape index (κ2) is 8.12. The number of ether oxygens (including phenoxy) is 1. The Kier molecular flexibility index (Phi) is 6.59. The smallest absolute Gasteiger partial charge is 0.0716 e. The molecule has 0 unspecified atom stereocenters. The van der Waals surface area contributed by atoms with Gasteiger partial charge >= 0.3 is 0 Å². The number of hydrogen-bond donors (Lipinski definition) is 0. The van der Waals surface area contributed by atoms with E-state index >= 15 is 0 Å². The van der Waals surface area contributed by atoms with Gasteiger partial charge in [-0.25, -0.2) is 0 Å². The lowest BCUT2D eigenvalue weighted by molar-refractivity contribution is 0.108. The lowest BCUT2D eigenvalue weighted by Gasteiger charge is -2.10. The van der Waals surface area contributed by atoms with Crippen LogP contribution in [0.25, 0.3) is 0 Å². The van der Waals surface area contributed by atoms with Gasteiger partial charge in [0.2, 0.25) is 0 Å². The van der Waals surface area contributed by atoms with Crippen LogP contribution in [-0.2, 0) is 11.3 Å². The Balaban J connectivity index is 2.05. The molecule has 1 aromatic rings. The monoisotopic (exact) mass is 218 g/mol. The van der Waals surface area contributed by atoms with Gasteiger partial charge in [-0.1, -0.05) is 43.3 Å². The number of hydrogen-bond acceptors (Lipinski definition) is 1. The Bertz CT molecular complexity index is 279. The fourth-order valence-corrected chi connectivity index (χ4v) is 1.60. The zero-order chi connectivity index (χ0) is 11.6. The molecule has 0 radical (unpaired) electrons. The van der Waals surface area contributed by atoms with Gasteiger partial charge in [0.05, 0.1) is 6.61 Å². The minimum atomic E-state index is 0.730. The molecule has 0 N–H and O–H groups in total. The molecule has 0 aliphatic rings. The molecule has 0 aliphatic carbocycles. The van der Waals surface area contributed by atoms with E-state index in [0.29, 0.717) is 0 Å². The summed E-state index contributed by atoms with van der Waals surface area (Å²) in [6.07, 6.45) is 5.46. The summed E-state index contributed by atoms with van der Waals surface area (Å²) in [4.78, 5) is 0. The second-order valence-corrected chi connectivity index (χ2v) is 4.30. The third kappa shape index (κ3) is 5.72. The predicted octanol–water partition coefficient (Wildman–Crippen LogP) is 4.20. The van der Waals surface area contributed by atoms with Crippen LogP contribution in [0.1, 0.15) is 31.7 Å². The minimum Gasteiger partial charge on any atom is -0.377 e. The molecule has 0 fully saturated rings. The SMILES string of the molecule is C=CCC[C@H](C)CCOCc1ccccc1. The van der Waals surface area contributed by atoms with Crippen molar-refractivity contribution in [2.75, 3.05) is 6.61 Å². The molecule has 1 heteroatoms. The van der Waals surface area contributed by atoms with E-state index < -0.39 is 0 Å². The summed E-state index contributed by atoms with van der Waals surface area (Å²) in [5, 5.41) is 0. The lowest BCUT2D eigenvalue weighted by atomic mass is 10.0. The Morgan fingerprint density at radius 2 is 2.00 bits per heavy atom. The van der Waals surface area contributed by atoms with E-state index in [4.69, 9.17) is 4.74 Å². The quantitative estimate of drug-likeness (QED) is 0.469. The van der Waals surface area contributed by atoms with Gasteiger partial charge < -0.3 is 4.74 Å². The highest BCUT2D eigenvalue weighted by Gasteiger charge is 2.00. The van der Waals surface area contributed by atoms with E-state index in [1.165, 1.54) is 12.0 Å². The van der Waals surface area contributed by atoms with E-state index in [1.807, 2.05) is 24.3 Å². The molecule has 1 aromatic carbocycles. The van der Waals surface area contributed by atoms with E-state index in [-0.39, 0.29) is 0 Å². The highest BCUT2D eigenvalue weighted by atomic mass is 16.5. The molecule has 16 heavy (non-hydrogen) atoms. The molecular formula is C15H22O. The second-order valence-electron chi connectivity index (χ2n) is 4.30. The van der Waals surface area contributed by atoms with Gasteiger partial charge in [0.1, 0.15) is 0 Å². The summed E-state index contributed by atoms with van der Waals surface area (Å²) >= 11 is 0. The molecule has 0 saturated carbocycles. The summed E-state index contributed by atoms with van der Waals surface area (Å²) in [5.41, 5.74) is 1.25. The summed E-state index contributed by atoms with van der Waals surface area (Å²) in [6.45, 7) is 7.60. The molecule has 88 valence electrons. The standard InChI is InChI=1S/C15H22O/c1-3-4-8-14(2)11-12-16-13-15-9-6-5-7-10-15/h3,5-7,9-10,14H,1,4,8,11-13H2,2H3/t14-/m0/s1. The van der Waals surface area contributed by atoms with Crippen LogP contribution in [0.3, 0.4) is 0 Å². The predicted molar refractivity (Wildman–Crippen MR) is 69.3 cm³/mol. The maximum atomic E-state index is 5.64. The van der Waals surface area contributed by atoms with Gasteiger partial charge in [-0.15, -0.1) is 6.58 Å². The van der Waals surface area contributed by atoms with Crippen LogP contribution in [0.4, 0.5) is 0 Å². The largest absolute Gasteiger partial charge is 0.377 e. The fourth-order valence-electron chi connectivity index (χ4n) is 1.60. The zero-order valence-electron chi connectivity index (χ0n) is 10.2. The topological polar surface area (TPSA) is 9.23 Å². The van der Waals surface area contributed by atoms with Crippen molar-refractivity contribution in [2.45, 2.75) is 32.8 Å². The van der Waals surface area contributed by atoms with E-state index in [2.05, 4.69) is 25.6 Å². The van der Waals surface area contributed by atoms with Crippen molar-refractivity contribution < 1.29 is 4.74 Å². The normalized spacial score (nSPS) is 12.3. The summed E-state index contributed by atoms with van der Waals surface area (Å²) in [6, 6.07) is 10.3. The van der Waals surface area contributed by atoms with Crippen molar-refractivity contribution in [3.05, 3.63) is 48.6 Å². The van der Waals surface area contributed by atoms with Gasteiger partial charge in [-0.05, 0) is 30.7 Å². The zero-order valence-corrected chi connectivity index (χ0v) is 10.2. The third-order valence-corrected chi connectivity index (χ3v) is 2.73. The van der Waals surface area contributed by atoms with Crippen LogP contribution < -0.4 is 0 Å². The minimum absolute atomic E-state index is 0.730. The van der Waals surface area contributed by atoms with Gasteiger partial charge in [-0.2, -0.15) is 0 Å². The first-order valence-corrected chi connectivity index (χ1v) is 6.05. The van der Waals surface area contributed by atoms with Gasteiger partial charge in [0.15, 0.2) is 0 Å². The summed E-state index contributed by atoms with van der Waals surface area (Å²) in [5.74, 6) is 0.730. The number of benzene rings is 1. The van der Waals surface area contributed by atoms with Crippen LogP contribution in [0.15, 0.2) is 43.0 Å². The third-order valence-electron chi connectivity index (χ3n) is 2.73. The Morgan fingerprint density at radius 1 is 1.25 bits per heavy atom. The maximum Gasteiger partial charge on any atom is 0.0716 e. The molecular weight excluding hydrogens is 196 g/mol. The Hall–Kier alpha value is -1.08. The number of allylic oxidation sites excluding steroid dienone is 1. The fraction of sp³-hybridized carbons (Fsp3) is 0.467. The van der Waals surface area contributed by atoms with Crippen LogP contribution in [0, 0.1) is 5.92 Å². The Labute approximate surface area is 99.1 Å². The highest BCUT2D eigenvalue weighted by molar-refractivity contribution is 5.13. The molecule has 0 aromatic heterocycles. The van der Waals surface area contributed by atoms with Gasteiger partial charge in [-0.3, -0.25) is 0 Å². The van der Waals surface area contributed by atoms with Gasteiger partial charge in [0, 0.05) is 6.61 Å². The van der Waals surface area contributed by atoms with Crippen molar-refractivity contribution in [3.8, 4) is 0 Å². The molecule has 0 aliphatic heterocycles. The average Bonchev–Trinajstić information content (AvgIpc) is 2.33. The van der Waals surface area contributed by atoms with Crippen molar-refractivity contribution >= 4 is 0 Å². The van der Waals surface area contributed by atoms with E-state index in [0.717, 1.165) is 32.0 Å². The highest BCUT2D eigenvalue weighted by Crippen LogP contribution is 2.11. The maximum absolute atomic E-state index is 5.64. The molecule has 0 spiro atoms. The average molecular weight is 218 g/mol. The summed E-state index contributed by atoms with van der Waals surface area (Å²) in [7, 11) is 0. The first kappa shape index (κ1) is 13.0. The van der Waals surface area contributed by atoms with Crippen molar-refractivity contribution in [3.63, 3.8) is 0 Å². The van der Waals surface area contributed by atoms with Crippen molar-refractivity contribution in [1.82, 2.24) is 0 Å². The number of rotatable bonds is 8. The van der Waals surface area contributed by atoms with E-state index in [1.54, 1.807) is 0 Å². The van der Waals surface area contributed by atoms with Crippen LogP contribution in [0.2, 0.25) is 0 Å². The molecule has 0 saturated heterocycles. The van der Waals surface area contributed by atoms with Crippen molar-refractivity contribution in [2.24, 2.45) is 5.92 Å². The molecule has 0 amide bonds. The lowest BCUT2D eigenvalue weighted by Crippen LogP contribution is -2.02. The van der Waals surface area contributed by atoms with Crippen molar-refractivity contribution in [1.29, 1.82) is 0 Å². The first-order chi connectivity index (χ1) is 7.83. The molecule has 0 bridgehead atoms. The molecule has 1 nitrogen and oxygen atoms in total. The summed E-state index contributed by atoms with van der Waals surface area (Å²) < 4.78 is 5.64. The van der Waals surface area contributed by atoms with Crippen LogP contribution in [-0.4, -0.2) is 6.61 Å². The van der Waals surface area contributed by atoms with Crippen LogP contribution in [0.5, 0.6) is 0 Å².